The maximum atomic E-state index is 12.6. The van der Waals surface area contributed by atoms with Crippen molar-refractivity contribution in [3.63, 3.8) is 0 Å². The fourth-order valence-corrected chi connectivity index (χ4v) is 5.30. The van der Waals surface area contributed by atoms with Crippen LogP contribution in [0.3, 0.4) is 0 Å². The van der Waals surface area contributed by atoms with Crippen LogP contribution >= 0.6 is 27.7 Å². The number of nitriles is 1. The van der Waals surface area contributed by atoms with Gasteiger partial charge in [0.15, 0.2) is 11.5 Å². The van der Waals surface area contributed by atoms with Crippen molar-refractivity contribution < 1.29 is 19.0 Å². The number of thioether (sulfide) groups is 1. The molecule has 0 saturated carbocycles. The number of halogens is 1. The maximum Gasteiger partial charge on any atom is 0.225 e. The molecule has 1 heterocycles. The lowest BCUT2D eigenvalue weighted by Crippen LogP contribution is -2.12. The average molecular weight is 605 g/mol. The van der Waals surface area contributed by atoms with Crippen LogP contribution in [-0.2, 0) is 4.79 Å². The van der Waals surface area contributed by atoms with Crippen molar-refractivity contribution in [3.05, 3.63) is 82.8 Å². The number of amides is 1. The molecule has 0 unspecified atom stereocenters. The van der Waals surface area contributed by atoms with E-state index in [0.29, 0.717) is 56.1 Å². The third kappa shape index (κ3) is 6.53. The third-order valence-corrected chi connectivity index (χ3v) is 7.53. The number of anilines is 1. The first-order valence-electron chi connectivity index (χ1n) is 12.0. The van der Waals surface area contributed by atoms with Crippen molar-refractivity contribution in [3.8, 4) is 45.7 Å². The number of rotatable bonds is 10. The quantitative estimate of drug-likeness (QED) is 0.192. The number of hydrogen-bond donors (Lipinski definition) is 1. The van der Waals surface area contributed by atoms with Crippen molar-refractivity contribution in [1.29, 1.82) is 5.26 Å². The molecular weight excluding hydrogens is 578 g/mol. The Labute approximate surface area is 240 Å². The summed E-state index contributed by atoms with van der Waals surface area (Å²) < 4.78 is 17.4. The summed E-state index contributed by atoms with van der Waals surface area (Å²) in [7, 11) is 4.64. The van der Waals surface area contributed by atoms with Gasteiger partial charge in [-0.2, -0.15) is 5.26 Å². The number of hydrogen-bond acceptors (Lipinski definition) is 7. The van der Waals surface area contributed by atoms with Crippen LogP contribution in [0.5, 0.6) is 17.2 Å². The van der Waals surface area contributed by atoms with Crippen molar-refractivity contribution >= 4 is 39.3 Å². The van der Waals surface area contributed by atoms with Gasteiger partial charge in [0, 0.05) is 27.8 Å². The second kappa shape index (κ2) is 13.2. The maximum absolute atomic E-state index is 12.6. The Balaban J connectivity index is 1.71. The minimum absolute atomic E-state index is 0.128. The molecule has 0 spiro atoms. The van der Waals surface area contributed by atoms with Gasteiger partial charge in [0.05, 0.1) is 38.3 Å². The highest BCUT2D eigenvalue weighted by Crippen LogP contribution is 2.43. The topological polar surface area (TPSA) is 93.5 Å². The molecule has 4 rings (SSSR count). The Morgan fingerprint density at radius 1 is 0.949 bits per heavy atom. The number of nitrogens with one attached hydrogen (secondary N) is 1. The first-order valence-corrected chi connectivity index (χ1v) is 13.7. The van der Waals surface area contributed by atoms with Gasteiger partial charge in [0.1, 0.15) is 11.1 Å². The number of para-hydroxylation sites is 1. The zero-order valence-corrected chi connectivity index (χ0v) is 24.1. The summed E-state index contributed by atoms with van der Waals surface area (Å²) in [4.78, 5) is 17.4. The van der Waals surface area contributed by atoms with Crippen LogP contribution < -0.4 is 19.5 Å². The smallest absolute Gasteiger partial charge is 0.225 e. The molecule has 0 radical (unpaired) electrons. The fraction of sp³-hybridized carbons (Fsp3) is 0.167. The van der Waals surface area contributed by atoms with Crippen molar-refractivity contribution in [2.75, 3.05) is 32.4 Å². The largest absolute Gasteiger partial charge is 0.493 e. The molecule has 0 bridgehead atoms. The summed E-state index contributed by atoms with van der Waals surface area (Å²) in [5.41, 5.74) is 4.11. The minimum atomic E-state index is -0.128. The molecule has 0 atom stereocenters. The number of nitrogens with zero attached hydrogens (tertiary/aromatic N) is 2. The summed E-state index contributed by atoms with van der Waals surface area (Å²) in [6.07, 6.45) is 0.244. The number of methoxy groups -OCH3 is 3. The van der Waals surface area contributed by atoms with Gasteiger partial charge in [-0.1, -0.05) is 42.5 Å². The van der Waals surface area contributed by atoms with Crippen LogP contribution in [0.15, 0.2) is 82.3 Å². The zero-order valence-electron chi connectivity index (χ0n) is 21.7. The van der Waals surface area contributed by atoms with E-state index in [4.69, 9.17) is 19.2 Å². The summed E-state index contributed by atoms with van der Waals surface area (Å²) in [5, 5.41) is 13.7. The molecule has 39 heavy (non-hydrogen) atoms. The normalized spacial score (nSPS) is 10.4. The van der Waals surface area contributed by atoms with Gasteiger partial charge in [-0.3, -0.25) is 4.79 Å². The molecular formula is C30H26BrN3O4S. The standard InChI is InChI=1S/C30H26BrN3O4S/c1-36-26-15-20(16-27(37-2)29(26)38-3)21-17-25(19-9-5-4-6-10-19)34-30(22(21)18-32)39-14-13-28(35)33-24-12-8-7-11-23(24)31/h4-12,15-17H,13-14H2,1-3H3,(H,33,35). The molecule has 0 aliphatic carbocycles. The fourth-order valence-electron chi connectivity index (χ4n) is 3.97. The second-order valence-corrected chi connectivity index (χ2v) is 10.2. The summed E-state index contributed by atoms with van der Waals surface area (Å²) in [5.74, 6) is 1.73. The molecule has 1 amide bonds. The van der Waals surface area contributed by atoms with E-state index >= 15 is 0 Å². The Bertz CT molecular complexity index is 1500. The van der Waals surface area contributed by atoms with Crippen LogP contribution in [0.4, 0.5) is 5.69 Å². The molecule has 4 aromatic rings. The lowest BCUT2D eigenvalue weighted by atomic mass is 9.98. The summed E-state index contributed by atoms with van der Waals surface area (Å²) in [6.45, 7) is 0. The predicted molar refractivity (Wildman–Crippen MR) is 158 cm³/mol. The molecule has 0 aliphatic rings. The van der Waals surface area contributed by atoms with E-state index in [0.717, 1.165) is 10.0 Å². The van der Waals surface area contributed by atoms with E-state index in [9.17, 15) is 10.1 Å². The zero-order chi connectivity index (χ0) is 27.8. The first kappa shape index (κ1) is 28.0. The molecule has 3 aromatic carbocycles. The predicted octanol–water partition coefficient (Wildman–Crippen LogP) is 7.20. The van der Waals surface area contributed by atoms with Gasteiger partial charge in [-0.15, -0.1) is 11.8 Å². The van der Waals surface area contributed by atoms with Gasteiger partial charge >= 0.3 is 0 Å². The Hall–Kier alpha value is -4.00. The minimum Gasteiger partial charge on any atom is -0.493 e. The molecule has 1 N–H and O–H groups in total. The van der Waals surface area contributed by atoms with Crippen LogP contribution in [-0.4, -0.2) is 38.0 Å². The van der Waals surface area contributed by atoms with Crippen molar-refractivity contribution in [2.45, 2.75) is 11.4 Å². The van der Waals surface area contributed by atoms with E-state index in [2.05, 4.69) is 27.3 Å². The number of carbonyl (C=O) groups excluding carboxylic acids is 1. The van der Waals surface area contributed by atoms with Crippen molar-refractivity contribution in [1.82, 2.24) is 4.98 Å². The average Bonchev–Trinajstić information content (AvgIpc) is 2.97. The number of benzene rings is 3. The molecule has 1 aromatic heterocycles. The summed E-state index contributed by atoms with van der Waals surface area (Å²) >= 11 is 4.81. The van der Waals surface area contributed by atoms with Crippen LogP contribution in [0.2, 0.25) is 0 Å². The Morgan fingerprint density at radius 3 is 2.23 bits per heavy atom. The van der Waals surface area contributed by atoms with Gasteiger partial charge < -0.3 is 19.5 Å². The van der Waals surface area contributed by atoms with Crippen molar-refractivity contribution in [2.24, 2.45) is 0 Å². The highest BCUT2D eigenvalue weighted by Gasteiger charge is 2.20. The van der Waals surface area contributed by atoms with Crippen LogP contribution in [0.25, 0.3) is 22.4 Å². The van der Waals surface area contributed by atoms with E-state index in [1.807, 2.05) is 72.8 Å². The molecule has 198 valence electrons. The Kier molecular flexibility index (Phi) is 9.47. The number of ether oxygens (including phenoxy) is 3. The van der Waals surface area contributed by atoms with Gasteiger partial charge in [-0.05, 0) is 51.8 Å². The van der Waals surface area contributed by atoms with E-state index in [-0.39, 0.29) is 12.3 Å². The lowest BCUT2D eigenvalue weighted by Gasteiger charge is -2.16. The molecule has 0 saturated heterocycles. The van der Waals surface area contributed by atoms with E-state index in [1.165, 1.54) is 11.8 Å². The Morgan fingerprint density at radius 2 is 1.62 bits per heavy atom. The number of aromatic nitrogens is 1. The van der Waals surface area contributed by atoms with Gasteiger partial charge in [0.25, 0.3) is 0 Å². The SMILES string of the molecule is COc1cc(-c2cc(-c3ccccc3)nc(SCCC(=O)Nc3ccccc3Br)c2C#N)cc(OC)c1OC. The van der Waals surface area contributed by atoms with Crippen LogP contribution in [0, 0.1) is 11.3 Å². The second-order valence-electron chi connectivity index (χ2n) is 8.25. The monoisotopic (exact) mass is 603 g/mol. The third-order valence-electron chi connectivity index (χ3n) is 5.86. The van der Waals surface area contributed by atoms with E-state index < -0.39 is 0 Å². The molecule has 9 heteroatoms. The number of pyridine rings is 1. The highest BCUT2D eigenvalue weighted by molar-refractivity contribution is 9.10. The lowest BCUT2D eigenvalue weighted by molar-refractivity contribution is -0.115. The number of carbonyl (C=O) groups is 1. The van der Waals surface area contributed by atoms with E-state index in [1.54, 1.807) is 21.3 Å². The highest BCUT2D eigenvalue weighted by atomic mass is 79.9. The van der Waals surface area contributed by atoms with Crippen LogP contribution in [0.1, 0.15) is 12.0 Å². The molecule has 0 aliphatic heterocycles. The summed E-state index contributed by atoms with van der Waals surface area (Å²) in [6, 6.07) is 25.0. The molecule has 7 nitrogen and oxygen atoms in total. The molecule has 0 fully saturated rings. The van der Waals surface area contributed by atoms with Gasteiger partial charge in [0.2, 0.25) is 11.7 Å². The first-order chi connectivity index (χ1) is 19.0. The van der Waals surface area contributed by atoms with Gasteiger partial charge in [-0.25, -0.2) is 4.98 Å².